The van der Waals surface area contributed by atoms with Gasteiger partial charge in [0, 0.05) is 30.1 Å². The highest BCUT2D eigenvalue weighted by Gasteiger charge is 2.28. The Kier molecular flexibility index (Phi) is 8.09. The Morgan fingerprint density at radius 1 is 1.26 bits per heavy atom. The maximum Gasteiger partial charge on any atom is 0.223 e. The number of hydrogen-bond donors (Lipinski definition) is 3. The minimum atomic E-state index is 0.0559. The third-order valence-corrected chi connectivity index (χ3v) is 5.42. The molecule has 7 heteroatoms. The molecule has 2 unspecified atom stereocenters. The normalized spacial score (nSPS) is 19.3. The summed E-state index contributed by atoms with van der Waals surface area (Å²) in [6, 6.07) is 8.57. The van der Waals surface area contributed by atoms with Gasteiger partial charge in [-0.2, -0.15) is 0 Å². The summed E-state index contributed by atoms with van der Waals surface area (Å²) in [7, 11) is 0. The van der Waals surface area contributed by atoms with Crippen molar-refractivity contribution in [2.45, 2.75) is 72.0 Å². The number of aryl methyl sites for hydroxylation is 1. The maximum absolute atomic E-state index is 12.4. The highest BCUT2D eigenvalue weighted by Crippen LogP contribution is 2.25. The van der Waals surface area contributed by atoms with Crippen molar-refractivity contribution in [3.8, 4) is 11.3 Å². The zero-order valence-corrected chi connectivity index (χ0v) is 19.1. The number of nitrogens with zero attached hydrogens (tertiary/aromatic N) is 2. The zero-order chi connectivity index (χ0) is 22.2. The minimum absolute atomic E-state index is 0.0559. The summed E-state index contributed by atoms with van der Waals surface area (Å²) in [6.07, 6.45) is 5.58. The van der Waals surface area contributed by atoms with E-state index in [0.717, 1.165) is 49.5 Å². The Balaban J connectivity index is 1.60. The van der Waals surface area contributed by atoms with Crippen LogP contribution in [0, 0.1) is 12.8 Å². The van der Waals surface area contributed by atoms with E-state index in [9.17, 15) is 4.79 Å². The van der Waals surface area contributed by atoms with Crippen LogP contribution in [-0.4, -0.2) is 35.5 Å². The summed E-state index contributed by atoms with van der Waals surface area (Å²) in [6.45, 7) is 9.21. The van der Waals surface area contributed by atoms with E-state index in [-0.39, 0.29) is 23.9 Å². The molecule has 1 heterocycles. The van der Waals surface area contributed by atoms with Crippen LogP contribution in [0.2, 0.25) is 0 Å². The lowest BCUT2D eigenvalue weighted by Gasteiger charge is -2.30. The summed E-state index contributed by atoms with van der Waals surface area (Å²) in [5, 5.41) is 9.83. The minimum Gasteiger partial charge on any atom is -0.439 e. The van der Waals surface area contributed by atoms with Crippen molar-refractivity contribution >= 4 is 11.9 Å². The number of rotatable bonds is 7. The van der Waals surface area contributed by atoms with E-state index in [1.807, 2.05) is 32.9 Å². The lowest BCUT2D eigenvalue weighted by molar-refractivity contribution is -0.126. The average molecular weight is 426 g/mol. The molecule has 1 aromatic heterocycles. The fourth-order valence-electron chi connectivity index (χ4n) is 3.86. The monoisotopic (exact) mass is 425 g/mol. The number of carbonyl (C=O) groups excluding carboxylic acids is 1. The second-order valence-corrected chi connectivity index (χ2v) is 8.55. The molecule has 3 N–H and O–H groups in total. The predicted octanol–water partition coefficient (Wildman–Crippen LogP) is 3.79. The molecule has 1 aliphatic carbocycles. The second-order valence-electron chi connectivity index (χ2n) is 8.55. The number of nitrogens with one attached hydrogen (secondary N) is 3. The summed E-state index contributed by atoms with van der Waals surface area (Å²) in [5.74, 6) is 2.26. The maximum atomic E-state index is 12.4. The molecule has 0 saturated heterocycles. The van der Waals surface area contributed by atoms with Gasteiger partial charge in [-0.15, -0.1) is 0 Å². The van der Waals surface area contributed by atoms with Crippen LogP contribution in [0.4, 0.5) is 0 Å². The van der Waals surface area contributed by atoms with Crippen molar-refractivity contribution in [3.63, 3.8) is 0 Å². The van der Waals surface area contributed by atoms with Crippen molar-refractivity contribution in [2.75, 3.05) is 6.54 Å². The third kappa shape index (κ3) is 6.84. The molecule has 0 aliphatic heterocycles. The second kappa shape index (κ2) is 11.0. The molecule has 2 atom stereocenters. The lowest BCUT2D eigenvalue weighted by Crippen LogP contribution is -2.47. The van der Waals surface area contributed by atoms with Gasteiger partial charge in [-0.1, -0.05) is 36.2 Å². The number of aliphatic imine (C=N–C) groups is 1. The quantitative estimate of drug-likeness (QED) is 0.464. The summed E-state index contributed by atoms with van der Waals surface area (Å²) in [4.78, 5) is 21.4. The predicted molar refractivity (Wildman–Crippen MR) is 124 cm³/mol. The number of amides is 1. The molecule has 1 amide bonds. The van der Waals surface area contributed by atoms with Crippen molar-refractivity contribution in [3.05, 3.63) is 41.9 Å². The van der Waals surface area contributed by atoms with E-state index in [4.69, 9.17) is 4.42 Å². The molecular formula is C24H35N5O2. The van der Waals surface area contributed by atoms with Crippen LogP contribution >= 0.6 is 0 Å². The average Bonchev–Trinajstić information content (AvgIpc) is 3.21. The van der Waals surface area contributed by atoms with Crippen LogP contribution in [0.15, 0.2) is 39.9 Å². The van der Waals surface area contributed by atoms with E-state index in [1.165, 1.54) is 5.56 Å². The Morgan fingerprint density at radius 3 is 2.74 bits per heavy atom. The van der Waals surface area contributed by atoms with Crippen LogP contribution in [0.3, 0.4) is 0 Å². The van der Waals surface area contributed by atoms with Crippen LogP contribution in [0.5, 0.6) is 0 Å². The SMILES string of the molecule is CCNC(=NCc1ncc(-c2ccc(C)cc2)o1)NC1CCCC(C(=O)NC(C)C)C1. The molecule has 3 rings (SSSR count). The standard InChI is InChI=1S/C24H35N5O2/c1-5-25-24(29-20-8-6-7-19(13-20)23(30)28-16(2)3)27-15-22-26-14-21(31-22)18-11-9-17(4)10-12-18/h9-12,14,16,19-20H,5-8,13,15H2,1-4H3,(H,28,30)(H2,25,27,29). The highest BCUT2D eigenvalue weighted by molar-refractivity contribution is 5.81. The summed E-state index contributed by atoms with van der Waals surface area (Å²) < 4.78 is 5.89. The zero-order valence-electron chi connectivity index (χ0n) is 19.1. The van der Waals surface area contributed by atoms with Crippen LogP contribution < -0.4 is 16.0 Å². The van der Waals surface area contributed by atoms with Gasteiger partial charge in [-0.3, -0.25) is 4.79 Å². The molecular weight excluding hydrogens is 390 g/mol. The molecule has 0 spiro atoms. The Bertz CT molecular complexity index is 872. The van der Waals surface area contributed by atoms with E-state index in [0.29, 0.717) is 12.4 Å². The van der Waals surface area contributed by atoms with E-state index in [2.05, 4.69) is 45.0 Å². The molecule has 1 aromatic carbocycles. The van der Waals surface area contributed by atoms with Gasteiger partial charge < -0.3 is 20.4 Å². The van der Waals surface area contributed by atoms with Gasteiger partial charge in [0.15, 0.2) is 11.7 Å². The first kappa shape index (κ1) is 22.8. The lowest BCUT2D eigenvalue weighted by atomic mass is 9.85. The topological polar surface area (TPSA) is 91.6 Å². The van der Waals surface area contributed by atoms with Crippen LogP contribution in [0.1, 0.15) is 57.9 Å². The number of benzene rings is 1. The smallest absolute Gasteiger partial charge is 0.223 e. The van der Waals surface area contributed by atoms with Crippen LogP contribution in [-0.2, 0) is 11.3 Å². The number of guanidine groups is 1. The molecule has 7 nitrogen and oxygen atoms in total. The molecule has 1 fully saturated rings. The van der Waals surface area contributed by atoms with Gasteiger partial charge in [-0.25, -0.2) is 9.98 Å². The van der Waals surface area contributed by atoms with Gasteiger partial charge in [0.2, 0.25) is 11.8 Å². The van der Waals surface area contributed by atoms with Gasteiger partial charge in [0.25, 0.3) is 0 Å². The number of carbonyl (C=O) groups is 1. The molecule has 0 radical (unpaired) electrons. The van der Waals surface area contributed by atoms with Crippen molar-refractivity contribution in [2.24, 2.45) is 10.9 Å². The molecule has 1 aliphatic rings. The fraction of sp³-hybridized carbons (Fsp3) is 0.542. The van der Waals surface area contributed by atoms with Gasteiger partial charge in [-0.05, 0) is 47.0 Å². The first-order valence-electron chi connectivity index (χ1n) is 11.3. The largest absolute Gasteiger partial charge is 0.439 e. The van der Waals surface area contributed by atoms with E-state index < -0.39 is 0 Å². The van der Waals surface area contributed by atoms with E-state index >= 15 is 0 Å². The van der Waals surface area contributed by atoms with Crippen molar-refractivity contribution < 1.29 is 9.21 Å². The third-order valence-electron chi connectivity index (χ3n) is 5.42. The number of hydrogen-bond acceptors (Lipinski definition) is 4. The number of oxazole rings is 1. The Hall–Kier alpha value is -2.83. The molecule has 31 heavy (non-hydrogen) atoms. The first-order chi connectivity index (χ1) is 14.9. The fourth-order valence-corrected chi connectivity index (χ4v) is 3.86. The Labute approximate surface area is 185 Å². The van der Waals surface area contributed by atoms with Crippen LogP contribution in [0.25, 0.3) is 11.3 Å². The molecule has 1 saturated carbocycles. The first-order valence-corrected chi connectivity index (χ1v) is 11.3. The summed E-state index contributed by atoms with van der Waals surface area (Å²) >= 11 is 0. The van der Waals surface area contributed by atoms with Gasteiger partial charge >= 0.3 is 0 Å². The molecule has 2 aromatic rings. The van der Waals surface area contributed by atoms with Crippen molar-refractivity contribution in [1.82, 2.24) is 20.9 Å². The highest BCUT2D eigenvalue weighted by atomic mass is 16.4. The van der Waals surface area contributed by atoms with E-state index in [1.54, 1.807) is 6.20 Å². The number of aromatic nitrogens is 1. The Morgan fingerprint density at radius 2 is 2.03 bits per heavy atom. The molecule has 0 bridgehead atoms. The molecule has 168 valence electrons. The van der Waals surface area contributed by atoms with Gasteiger partial charge in [0.05, 0.1) is 6.20 Å². The summed E-state index contributed by atoms with van der Waals surface area (Å²) in [5.41, 5.74) is 2.22. The van der Waals surface area contributed by atoms with Crippen molar-refractivity contribution in [1.29, 1.82) is 0 Å². The van der Waals surface area contributed by atoms with Gasteiger partial charge in [0.1, 0.15) is 6.54 Å².